The lowest BCUT2D eigenvalue weighted by atomic mass is 10.0. The highest BCUT2D eigenvalue weighted by atomic mass is 16.6. The van der Waals surface area contributed by atoms with Crippen LogP contribution in [0.15, 0.2) is 11.6 Å². The Labute approximate surface area is 141 Å². The third-order valence-corrected chi connectivity index (χ3v) is 3.96. The van der Waals surface area contributed by atoms with Crippen molar-refractivity contribution in [2.24, 2.45) is 0 Å². The molecule has 0 fully saturated rings. The Bertz CT molecular complexity index is 421. The molecule has 0 N–H and O–H groups in total. The number of amides is 2. The molecule has 0 aliphatic carbocycles. The predicted molar refractivity (Wildman–Crippen MR) is 93.3 cm³/mol. The van der Waals surface area contributed by atoms with Crippen molar-refractivity contribution in [3.8, 4) is 0 Å². The van der Waals surface area contributed by atoms with E-state index in [9.17, 15) is 9.59 Å². The average Bonchev–Trinajstić information content (AvgIpc) is 2.43. The van der Waals surface area contributed by atoms with Crippen LogP contribution in [0.25, 0.3) is 0 Å². The Balaban J connectivity index is 2.65. The first-order valence-corrected chi connectivity index (χ1v) is 8.98. The largest absolute Gasteiger partial charge is 0.443 e. The molecule has 1 aliphatic heterocycles. The van der Waals surface area contributed by atoms with Gasteiger partial charge in [0.15, 0.2) is 0 Å². The zero-order chi connectivity index (χ0) is 17.3. The SMILES string of the molecule is C/C1=C\CCCCCN(C(=O)OC(C)(C)C)C(=O)CCCCC1. The molecule has 0 bridgehead atoms. The van der Waals surface area contributed by atoms with Gasteiger partial charge in [0.2, 0.25) is 5.91 Å². The van der Waals surface area contributed by atoms with Crippen molar-refractivity contribution in [2.45, 2.75) is 91.1 Å². The lowest BCUT2D eigenvalue weighted by Crippen LogP contribution is -2.41. The zero-order valence-corrected chi connectivity index (χ0v) is 15.3. The molecule has 0 atom stereocenters. The van der Waals surface area contributed by atoms with Crippen LogP contribution in [0.2, 0.25) is 0 Å². The molecule has 0 saturated heterocycles. The molecule has 1 aliphatic rings. The van der Waals surface area contributed by atoms with Crippen LogP contribution in [0.3, 0.4) is 0 Å². The number of hydrogen-bond donors (Lipinski definition) is 0. The van der Waals surface area contributed by atoms with Crippen LogP contribution in [-0.2, 0) is 9.53 Å². The van der Waals surface area contributed by atoms with Crippen molar-refractivity contribution in [3.05, 3.63) is 11.6 Å². The molecule has 2 amide bonds. The van der Waals surface area contributed by atoms with Crippen molar-refractivity contribution in [1.29, 1.82) is 0 Å². The molecular formula is C19H33NO3. The molecule has 0 unspecified atom stereocenters. The quantitative estimate of drug-likeness (QED) is 0.574. The lowest BCUT2D eigenvalue weighted by Gasteiger charge is -2.26. The Morgan fingerprint density at radius 3 is 2.39 bits per heavy atom. The van der Waals surface area contributed by atoms with Gasteiger partial charge in [-0.3, -0.25) is 4.79 Å². The number of rotatable bonds is 0. The van der Waals surface area contributed by atoms with Crippen LogP contribution < -0.4 is 0 Å². The Kier molecular flexibility index (Phi) is 8.35. The first-order chi connectivity index (χ1) is 10.8. The highest BCUT2D eigenvalue weighted by molar-refractivity contribution is 5.92. The van der Waals surface area contributed by atoms with Crippen LogP contribution in [0.4, 0.5) is 4.79 Å². The Hall–Kier alpha value is -1.32. The molecule has 0 radical (unpaired) electrons. The number of allylic oxidation sites excluding steroid dienone is 2. The van der Waals surface area contributed by atoms with E-state index in [0.29, 0.717) is 13.0 Å². The number of ether oxygens (including phenoxy) is 1. The lowest BCUT2D eigenvalue weighted by molar-refractivity contribution is -0.130. The van der Waals surface area contributed by atoms with Crippen LogP contribution in [-0.4, -0.2) is 29.0 Å². The molecule has 0 spiro atoms. The van der Waals surface area contributed by atoms with Gasteiger partial charge in [-0.1, -0.05) is 24.5 Å². The minimum absolute atomic E-state index is 0.0939. The minimum atomic E-state index is -0.571. The average molecular weight is 323 g/mol. The fourth-order valence-electron chi connectivity index (χ4n) is 2.67. The van der Waals surface area contributed by atoms with E-state index in [1.54, 1.807) is 0 Å². The van der Waals surface area contributed by atoms with Crippen LogP contribution >= 0.6 is 0 Å². The number of hydrogen-bond acceptors (Lipinski definition) is 3. The summed E-state index contributed by atoms with van der Waals surface area (Å²) in [5.74, 6) is -0.0939. The van der Waals surface area contributed by atoms with E-state index in [1.807, 2.05) is 20.8 Å². The first kappa shape index (κ1) is 19.7. The van der Waals surface area contributed by atoms with Crippen molar-refractivity contribution in [1.82, 2.24) is 4.90 Å². The van der Waals surface area contributed by atoms with Crippen molar-refractivity contribution >= 4 is 12.0 Å². The summed E-state index contributed by atoms with van der Waals surface area (Å²) in [6.45, 7) is 8.15. The summed E-state index contributed by atoms with van der Waals surface area (Å²) in [5, 5.41) is 0. The maximum Gasteiger partial charge on any atom is 0.417 e. The molecule has 0 aromatic rings. The summed E-state index contributed by atoms with van der Waals surface area (Å²) in [6.07, 6.45) is 10.4. The fourth-order valence-corrected chi connectivity index (χ4v) is 2.67. The molecule has 0 aromatic carbocycles. The van der Waals surface area contributed by atoms with E-state index in [4.69, 9.17) is 4.74 Å². The summed E-state index contributed by atoms with van der Waals surface area (Å²) in [7, 11) is 0. The van der Waals surface area contributed by atoms with E-state index >= 15 is 0 Å². The van der Waals surface area contributed by atoms with Gasteiger partial charge in [0.25, 0.3) is 0 Å². The molecule has 0 saturated carbocycles. The number of carbonyl (C=O) groups is 2. The Morgan fingerprint density at radius 2 is 1.70 bits per heavy atom. The van der Waals surface area contributed by atoms with Crippen molar-refractivity contribution in [3.63, 3.8) is 0 Å². The number of nitrogens with zero attached hydrogens (tertiary/aromatic N) is 1. The molecule has 132 valence electrons. The van der Waals surface area contributed by atoms with Gasteiger partial charge in [-0.05, 0) is 66.2 Å². The van der Waals surface area contributed by atoms with Gasteiger partial charge in [-0.15, -0.1) is 0 Å². The third-order valence-electron chi connectivity index (χ3n) is 3.96. The Morgan fingerprint density at radius 1 is 1.04 bits per heavy atom. The molecule has 4 nitrogen and oxygen atoms in total. The monoisotopic (exact) mass is 323 g/mol. The fraction of sp³-hybridized carbons (Fsp3) is 0.789. The van der Waals surface area contributed by atoms with Crippen LogP contribution in [0.1, 0.15) is 85.5 Å². The molecule has 1 heterocycles. The molecular weight excluding hydrogens is 290 g/mol. The molecule has 0 aromatic heterocycles. The molecule has 4 heteroatoms. The predicted octanol–water partition coefficient (Wildman–Crippen LogP) is 5.22. The van der Waals surface area contributed by atoms with Crippen molar-refractivity contribution in [2.75, 3.05) is 6.54 Å². The van der Waals surface area contributed by atoms with Gasteiger partial charge in [0, 0.05) is 13.0 Å². The second-order valence-corrected chi connectivity index (χ2v) is 7.49. The summed E-state index contributed by atoms with van der Waals surface area (Å²) >= 11 is 0. The number of imide groups is 1. The number of carbonyl (C=O) groups excluding carboxylic acids is 2. The van der Waals surface area contributed by atoms with Crippen LogP contribution in [0.5, 0.6) is 0 Å². The van der Waals surface area contributed by atoms with Gasteiger partial charge < -0.3 is 4.74 Å². The summed E-state index contributed by atoms with van der Waals surface area (Å²) in [5.41, 5.74) is 0.891. The third kappa shape index (κ3) is 8.77. The highest BCUT2D eigenvalue weighted by Gasteiger charge is 2.26. The maximum atomic E-state index is 12.4. The van der Waals surface area contributed by atoms with Crippen molar-refractivity contribution < 1.29 is 14.3 Å². The van der Waals surface area contributed by atoms with Gasteiger partial charge in [-0.25, -0.2) is 9.69 Å². The normalized spacial score (nSPS) is 22.0. The van der Waals surface area contributed by atoms with Crippen LogP contribution in [0, 0.1) is 0 Å². The van der Waals surface area contributed by atoms with E-state index in [2.05, 4.69) is 13.0 Å². The maximum absolute atomic E-state index is 12.4. The van der Waals surface area contributed by atoms with E-state index in [0.717, 1.165) is 51.4 Å². The topological polar surface area (TPSA) is 46.6 Å². The summed E-state index contributed by atoms with van der Waals surface area (Å²) in [6, 6.07) is 0. The van der Waals surface area contributed by atoms with Gasteiger partial charge in [0.1, 0.15) is 5.60 Å². The molecule has 1 rings (SSSR count). The first-order valence-electron chi connectivity index (χ1n) is 8.98. The minimum Gasteiger partial charge on any atom is -0.443 e. The second kappa shape index (κ2) is 9.74. The van der Waals surface area contributed by atoms with E-state index in [-0.39, 0.29) is 5.91 Å². The van der Waals surface area contributed by atoms with E-state index in [1.165, 1.54) is 10.5 Å². The van der Waals surface area contributed by atoms with Gasteiger partial charge in [-0.2, -0.15) is 0 Å². The highest BCUT2D eigenvalue weighted by Crippen LogP contribution is 2.16. The smallest absolute Gasteiger partial charge is 0.417 e. The van der Waals surface area contributed by atoms with E-state index < -0.39 is 11.7 Å². The summed E-state index contributed by atoms with van der Waals surface area (Å²) in [4.78, 5) is 26.0. The van der Waals surface area contributed by atoms with Gasteiger partial charge in [0.05, 0.1) is 0 Å². The van der Waals surface area contributed by atoms with Gasteiger partial charge >= 0.3 is 6.09 Å². The standard InChI is InChI=1S/C19H33NO3/c1-16-12-8-5-6-11-15-20(18(22)23-19(2,3)4)17(21)14-10-7-9-13-16/h12H,5-11,13-15H2,1-4H3/b16-12+. The summed E-state index contributed by atoms with van der Waals surface area (Å²) < 4.78 is 5.39. The zero-order valence-electron chi connectivity index (χ0n) is 15.3. The second-order valence-electron chi connectivity index (χ2n) is 7.49. The molecule has 23 heavy (non-hydrogen) atoms.